The molecule has 0 spiro atoms. The van der Waals surface area contributed by atoms with Crippen molar-refractivity contribution in [2.75, 3.05) is 32.7 Å². The van der Waals surface area contributed by atoms with Crippen molar-refractivity contribution in [3.05, 3.63) is 48.0 Å². The SMILES string of the molecule is CC(=O)N1CCN(CC(=O)NC(C)c2ccc3ccccc3c2)CC1. The fourth-order valence-corrected chi connectivity index (χ4v) is 3.27. The van der Waals surface area contributed by atoms with Crippen molar-refractivity contribution in [2.45, 2.75) is 19.9 Å². The van der Waals surface area contributed by atoms with Crippen LogP contribution in [-0.2, 0) is 9.59 Å². The van der Waals surface area contributed by atoms with E-state index in [1.165, 1.54) is 10.8 Å². The van der Waals surface area contributed by atoms with Crippen LogP contribution in [0.2, 0.25) is 0 Å². The minimum Gasteiger partial charge on any atom is -0.348 e. The molecule has 0 aliphatic carbocycles. The van der Waals surface area contributed by atoms with Gasteiger partial charge in [-0.1, -0.05) is 36.4 Å². The van der Waals surface area contributed by atoms with Gasteiger partial charge in [-0.15, -0.1) is 0 Å². The van der Waals surface area contributed by atoms with Gasteiger partial charge in [0, 0.05) is 33.1 Å². The Kier molecular flexibility index (Phi) is 5.34. The highest BCUT2D eigenvalue weighted by atomic mass is 16.2. The summed E-state index contributed by atoms with van der Waals surface area (Å²) in [6.45, 7) is 6.87. The Labute approximate surface area is 148 Å². The summed E-state index contributed by atoms with van der Waals surface area (Å²) < 4.78 is 0. The van der Waals surface area contributed by atoms with Crippen LogP contribution in [0.1, 0.15) is 25.5 Å². The number of hydrogen-bond acceptors (Lipinski definition) is 3. The number of carbonyl (C=O) groups excluding carboxylic acids is 2. The van der Waals surface area contributed by atoms with Gasteiger partial charge in [-0.05, 0) is 29.3 Å². The number of hydrogen-bond donors (Lipinski definition) is 1. The first-order chi connectivity index (χ1) is 12.0. The van der Waals surface area contributed by atoms with Crippen molar-refractivity contribution in [3.63, 3.8) is 0 Å². The van der Waals surface area contributed by atoms with Crippen molar-refractivity contribution in [1.29, 1.82) is 0 Å². The van der Waals surface area contributed by atoms with Crippen LogP contribution in [0.5, 0.6) is 0 Å². The third-order valence-electron chi connectivity index (χ3n) is 4.84. The number of rotatable bonds is 4. The second kappa shape index (κ2) is 7.66. The molecule has 0 bridgehead atoms. The first kappa shape index (κ1) is 17.4. The lowest BCUT2D eigenvalue weighted by Gasteiger charge is -2.33. The highest BCUT2D eigenvalue weighted by Crippen LogP contribution is 2.20. The molecule has 5 heteroatoms. The molecule has 0 radical (unpaired) electrons. The van der Waals surface area contributed by atoms with Gasteiger partial charge in [0.05, 0.1) is 12.6 Å². The van der Waals surface area contributed by atoms with Crippen LogP contribution in [0.3, 0.4) is 0 Å². The first-order valence-corrected chi connectivity index (χ1v) is 8.79. The van der Waals surface area contributed by atoms with E-state index < -0.39 is 0 Å². The lowest BCUT2D eigenvalue weighted by molar-refractivity contribution is -0.131. The van der Waals surface area contributed by atoms with Crippen molar-refractivity contribution in [2.24, 2.45) is 0 Å². The highest BCUT2D eigenvalue weighted by Gasteiger charge is 2.21. The summed E-state index contributed by atoms with van der Waals surface area (Å²) in [5, 5.41) is 5.46. The van der Waals surface area contributed by atoms with Gasteiger partial charge in [0.2, 0.25) is 11.8 Å². The Hall–Kier alpha value is -2.40. The molecule has 3 rings (SSSR count). The Morgan fingerprint density at radius 2 is 1.72 bits per heavy atom. The Bertz CT molecular complexity index is 766. The number of benzene rings is 2. The molecule has 1 aliphatic rings. The second-order valence-corrected chi connectivity index (χ2v) is 6.68. The Morgan fingerprint density at radius 1 is 1.04 bits per heavy atom. The third kappa shape index (κ3) is 4.37. The fourth-order valence-electron chi connectivity index (χ4n) is 3.27. The van der Waals surface area contributed by atoms with Gasteiger partial charge in [0.15, 0.2) is 0 Å². The average molecular weight is 339 g/mol. The molecule has 2 aromatic carbocycles. The molecule has 1 unspecified atom stereocenters. The molecule has 0 aromatic heterocycles. The largest absolute Gasteiger partial charge is 0.348 e. The summed E-state index contributed by atoms with van der Waals surface area (Å²) in [7, 11) is 0. The fraction of sp³-hybridized carbons (Fsp3) is 0.400. The summed E-state index contributed by atoms with van der Waals surface area (Å²) >= 11 is 0. The van der Waals surface area contributed by atoms with Crippen LogP contribution >= 0.6 is 0 Å². The standard InChI is InChI=1S/C20H25N3O2/c1-15(18-8-7-17-5-3-4-6-19(17)13-18)21-20(25)14-22-9-11-23(12-10-22)16(2)24/h3-8,13,15H,9-12,14H2,1-2H3,(H,21,25). The van der Waals surface area contributed by atoms with Gasteiger partial charge in [-0.3, -0.25) is 14.5 Å². The maximum atomic E-state index is 12.3. The predicted molar refractivity (Wildman–Crippen MR) is 99.2 cm³/mol. The van der Waals surface area contributed by atoms with E-state index >= 15 is 0 Å². The molecule has 5 nitrogen and oxygen atoms in total. The van der Waals surface area contributed by atoms with Crippen molar-refractivity contribution < 1.29 is 9.59 Å². The van der Waals surface area contributed by atoms with Crippen molar-refractivity contribution in [1.82, 2.24) is 15.1 Å². The molecule has 1 atom stereocenters. The molecule has 1 saturated heterocycles. The third-order valence-corrected chi connectivity index (χ3v) is 4.84. The quantitative estimate of drug-likeness (QED) is 0.929. The van der Waals surface area contributed by atoms with Crippen LogP contribution in [-0.4, -0.2) is 54.3 Å². The zero-order valence-corrected chi connectivity index (χ0v) is 14.9. The Morgan fingerprint density at radius 3 is 2.40 bits per heavy atom. The average Bonchev–Trinajstić information content (AvgIpc) is 2.61. The monoisotopic (exact) mass is 339 g/mol. The van der Waals surface area contributed by atoms with Crippen LogP contribution in [0.15, 0.2) is 42.5 Å². The van der Waals surface area contributed by atoms with Gasteiger partial charge < -0.3 is 10.2 Å². The van der Waals surface area contributed by atoms with Crippen LogP contribution in [0.4, 0.5) is 0 Å². The van der Waals surface area contributed by atoms with E-state index in [2.05, 4.69) is 40.5 Å². The molecule has 0 saturated carbocycles. The summed E-state index contributed by atoms with van der Waals surface area (Å²) in [6, 6.07) is 14.5. The van der Waals surface area contributed by atoms with Crippen molar-refractivity contribution >= 4 is 22.6 Å². The van der Waals surface area contributed by atoms with Crippen LogP contribution < -0.4 is 5.32 Å². The zero-order valence-electron chi connectivity index (χ0n) is 14.9. The molecule has 1 fully saturated rings. The smallest absolute Gasteiger partial charge is 0.234 e. The van der Waals surface area contributed by atoms with E-state index in [4.69, 9.17) is 0 Å². The summed E-state index contributed by atoms with van der Waals surface area (Å²) in [5.74, 6) is 0.131. The number of nitrogens with zero attached hydrogens (tertiary/aromatic N) is 2. The normalized spacial score (nSPS) is 16.6. The van der Waals surface area contributed by atoms with E-state index in [1.807, 2.05) is 24.0 Å². The molecule has 1 N–H and O–H groups in total. The maximum Gasteiger partial charge on any atom is 0.234 e. The number of nitrogens with one attached hydrogen (secondary N) is 1. The van der Waals surface area contributed by atoms with E-state index in [0.717, 1.165) is 18.7 Å². The van der Waals surface area contributed by atoms with E-state index in [-0.39, 0.29) is 17.9 Å². The zero-order chi connectivity index (χ0) is 17.8. The van der Waals surface area contributed by atoms with E-state index in [1.54, 1.807) is 6.92 Å². The lowest BCUT2D eigenvalue weighted by atomic mass is 10.0. The van der Waals surface area contributed by atoms with Gasteiger partial charge >= 0.3 is 0 Å². The van der Waals surface area contributed by atoms with Gasteiger partial charge in [0.1, 0.15) is 0 Å². The summed E-state index contributed by atoms with van der Waals surface area (Å²) in [6.07, 6.45) is 0. The van der Waals surface area contributed by atoms with Crippen LogP contribution in [0, 0.1) is 0 Å². The lowest BCUT2D eigenvalue weighted by Crippen LogP contribution is -2.50. The van der Waals surface area contributed by atoms with Gasteiger partial charge in [-0.25, -0.2) is 0 Å². The summed E-state index contributed by atoms with van der Waals surface area (Å²) in [5.41, 5.74) is 1.11. The highest BCUT2D eigenvalue weighted by molar-refractivity contribution is 5.83. The minimum absolute atomic E-state index is 0.0249. The van der Waals surface area contributed by atoms with Crippen molar-refractivity contribution in [3.8, 4) is 0 Å². The molecule has 2 amide bonds. The first-order valence-electron chi connectivity index (χ1n) is 8.79. The second-order valence-electron chi connectivity index (χ2n) is 6.68. The number of carbonyl (C=O) groups is 2. The van der Waals surface area contributed by atoms with E-state index in [9.17, 15) is 9.59 Å². The number of piperazine rings is 1. The molecule has 2 aromatic rings. The maximum absolute atomic E-state index is 12.3. The minimum atomic E-state index is -0.0318. The molecular weight excluding hydrogens is 314 g/mol. The topological polar surface area (TPSA) is 52.7 Å². The molecule has 1 heterocycles. The molecule has 132 valence electrons. The number of fused-ring (bicyclic) bond motifs is 1. The molecule has 25 heavy (non-hydrogen) atoms. The Balaban J connectivity index is 1.54. The number of amides is 2. The predicted octanol–water partition coefficient (Wildman–Crippen LogP) is 2.18. The van der Waals surface area contributed by atoms with Gasteiger partial charge in [0.25, 0.3) is 0 Å². The van der Waals surface area contributed by atoms with Crippen LogP contribution in [0.25, 0.3) is 10.8 Å². The summed E-state index contributed by atoms with van der Waals surface area (Å²) in [4.78, 5) is 27.6. The molecule has 1 aliphatic heterocycles. The van der Waals surface area contributed by atoms with E-state index in [0.29, 0.717) is 19.6 Å². The van der Waals surface area contributed by atoms with Gasteiger partial charge in [-0.2, -0.15) is 0 Å². The molecular formula is C20H25N3O2.